The van der Waals surface area contributed by atoms with Crippen LogP contribution in [0, 0.1) is 16.2 Å². The summed E-state index contributed by atoms with van der Waals surface area (Å²) in [6.07, 6.45) is -1.27. The fourth-order valence-electron chi connectivity index (χ4n) is 3.28. The number of nitrogens with zero attached hydrogens (tertiary/aromatic N) is 5. The molecule has 1 aliphatic heterocycles. The van der Waals surface area contributed by atoms with Crippen molar-refractivity contribution < 1.29 is 29.0 Å². The van der Waals surface area contributed by atoms with Crippen LogP contribution in [0.2, 0.25) is 0 Å². The molecule has 11 nitrogen and oxygen atoms in total. The van der Waals surface area contributed by atoms with Crippen molar-refractivity contribution in [2.75, 3.05) is 13.2 Å². The molecule has 12 heteroatoms. The van der Waals surface area contributed by atoms with E-state index in [0.29, 0.717) is 6.42 Å². The van der Waals surface area contributed by atoms with E-state index >= 15 is 0 Å². The minimum absolute atomic E-state index is 0.00697. The van der Waals surface area contributed by atoms with Crippen LogP contribution in [-0.4, -0.2) is 60.1 Å². The number of fused-ring (bicyclic) bond motifs is 1. The highest BCUT2D eigenvalue weighted by Gasteiger charge is 2.35. The lowest BCUT2D eigenvalue weighted by Crippen LogP contribution is -2.24. The summed E-state index contributed by atoms with van der Waals surface area (Å²) in [5.41, 5.74) is 1.17. The lowest BCUT2D eigenvalue weighted by molar-refractivity contribution is -0.384. The van der Waals surface area contributed by atoms with Gasteiger partial charge in [-0.2, -0.15) is 14.4 Å². The van der Waals surface area contributed by atoms with Crippen LogP contribution in [0.4, 0.5) is 10.1 Å². The third-order valence-corrected chi connectivity index (χ3v) is 4.83. The highest BCUT2D eigenvalue weighted by Crippen LogP contribution is 2.32. The van der Waals surface area contributed by atoms with Gasteiger partial charge in [-0.25, -0.2) is 4.98 Å². The number of hydrogen-bond donors (Lipinski definition) is 2. The number of non-ortho nitro benzene ring substituents is 1. The van der Waals surface area contributed by atoms with Gasteiger partial charge in [-0.3, -0.25) is 14.7 Å². The van der Waals surface area contributed by atoms with Crippen LogP contribution in [0.25, 0.3) is 11.2 Å². The SMILES string of the molecule is O=[N+]([O-])c1ccc(CCOc2nc(F)nc3c2ncn3[C@H]2CC(O)[C@@H](CO)O2)cc1. The second kappa shape index (κ2) is 8.26. The number of aliphatic hydroxyl groups excluding tert-OH is 2. The first kappa shape index (κ1) is 20.1. The van der Waals surface area contributed by atoms with Gasteiger partial charge in [0.2, 0.25) is 5.88 Å². The molecule has 1 unspecified atom stereocenters. The molecule has 2 N–H and O–H groups in total. The van der Waals surface area contributed by atoms with E-state index in [2.05, 4.69) is 15.0 Å². The zero-order valence-corrected chi connectivity index (χ0v) is 15.6. The molecule has 1 saturated heterocycles. The minimum Gasteiger partial charge on any atom is -0.476 e. The van der Waals surface area contributed by atoms with E-state index in [1.165, 1.54) is 23.0 Å². The molecule has 1 fully saturated rings. The van der Waals surface area contributed by atoms with Crippen molar-refractivity contribution in [3.8, 4) is 5.88 Å². The molecule has 3 atom stereocenters. The van der Waals surface area contributed by atoms with E-state index in [1.807, 2.05) is 0 Å². The van der Waals surface area contributed by atoms with Crippen molar-refractivity contribution in [3.05, 3.63) is 52.3 Å². The first-order valence-corrected chi connectivity index (χ1v) is 9.17. The number of rotatable bonds is 7. The monoisotopic (exact) mass is 419 g/mol. The molecule has 4 rings (SSSR count). The second-order valence-electron chi connectivity index (χ2n) is 6.76. The second-order valence-corrected chi connectivity index (χ2v) is 6.76. The zero-order valence-electron chi connectivity index (χ0n) is 15.6. The van der Waals surface area contributed by atoms with Crippen LogP contribution in [0.15, 0.2) is 30.6 Å². The van der Waals surface area contributed by atoms with Crippen LogP contribution in [-0.2, 0) is 11.2 Å². The topological polar surface area (TPSA) is 146 Å². The van der Waals surface area contributed by atoms with E-state index in [4.69, 9.17) is 9.47 Å². The van der Waals surface area contributed by atoms with E-state index < -0.39 is 29.4 Å². The van der Waals surface area contributed by atoms with Crippen molar-refractivity contribution in [2.24, 2.45) is 0 Å². The number of halogens is 1. The van der Waals surface area contributed by atoms with Crippen LogP contribution >= 0.6 is 0 Å². The Morgan fingerprint density at radius 1 is 1.33 bits per heavy atom. The maximum absolute atomic E-state index is 14.0. The van der Waals surface area contributed by atoms with Crippen molar-refractivity contribution in [1.29, 1.82) is 0 Å². The highest BCUT2D eigenvalue weighted by atomic mass is 19.1. The summed E-state index contributed by atoms with van der Waals surface area (Å²) in [5.74, 6) is -0.0459. The Labute approximate surface area is 168 Å². The van der Waals surface area contributed by atoms with Crippen molar-refractivity contribution in [1.82, 2.24) is 19.5 Å². The minimum atomic E-state index is -1.01. The van der Waals surface area contributed by atoms with E-state index in [9.17, 15) is 24.7 Å². The van der Waals surface area contributed by atoms with Gasteiger partial charge in [-0.1, -0.05) is 12.1 Å². The number of aliphatic hydroxyl groups is 2. The van der Waals surface area contributed by atoms with Gasteiger partial charge in [-0.15, -0.1) is 0 Å². The molecular weight excluding hydrogens is 401 g/mol. The molecule has 2 aromatic heterocycles. The van der Waals surface area contributed by atoms with Gasteiger partial charge >= 0.3 is 6.08 Å². The van der Waals surface area contributed by atoms with E-state index in [0.717, 1.165) is 5.56 Å². The highest BCUT2D eigenvalue weighted by molar-refractivity contribution is 5.76. The Morgan fingerprint density at radius 3 is 2.77 bits per heavy atom. The summed E-state index contributed by atoms with van der Waals surface area (Å²) in [5, 5.41) is 29.9. The average molecular weight is 419 g/mol. The Bertz CT molecular complexity index is 1060. The summed E-state index contributed by atoms with van der Waals surface area (Å²) < 4.78 is 26.6. The van der Waals surface area contributed by atoms with Gasteiger partial charge in [0.05, 0.1) is 30.6 Å². The van der Waals surface area contributed by atoms with E-state index in [1.54, 1.807) is 12.1 Å². The maximum Gasteiger partial charge on any atom is 0.314 e. The smallest absolute Gasteiger partial charge is 0.314 e. The number of imidazole rings is 1. The molecule has 0 bridgehead atoms. The molecule has 3 aromatic rings. The van der Waals surface area contributed by atoms with Crippen molar-refractivity contribution in [3.63, 3.8) is 0 Å². The molecule has 158 valence electrons. The van der Waals surface area contributed by atoms with E-state index in [-0.39, 0.29) is 42.4 Å². The molecule has 1 aliphatic rings. The molecule has 0 saturated carbocycles. The molecule has 0 aliphatic carbocycles. The van der Waals surface area contributed by atoms with Gasteiger partial charge in [0.15, 0.2) is 11.2 Å². The van der Waals surface area contributed by atoms with Crippen LogP contribution < -0.4 is 4.74 Å². The molecule has 0 spiro atoms. The number of hydrogen-bond acceptors (Lipinski definition) is 9. The third kappa shape index (κ3) is 3.92. The molecule has 3 heterocycles. The number of benzene rings is 1. The number of nitro benzene ring substituents is 1. The van der Waals surface area contributed by atoms with Gasteiger partial charge in [0, 0.05) is 25.0 Å². The fourth-order valence-corrected chi connectivity index (χ4v) is 3.28. The van der Waals surface area contributed by atoms with Gasteiger partial charge in [0.1, 0.15) is 12.3 Å². The first-order chi connectivity index (χ1) is 14.5. The number of nitro groups is 1. The Hall–Kier alpha value is -3.22. The van der Waals surface area contributed by atoms with Gasteiger partial charge < -0.3 is 19.7 Å². The summed E-state index contributed by atoms with van der Waals surface area (Å²) in [4.78, 5) is 21.8. The predicted molar refractivity (Wildman–Crippen MR) is 99.2 cm³/mol. The number of aromatic nitrogens is 4. The van der Waals surface area contributed by atoms with Gasteiger partial charge in [0.25, 0.3) is 5.69 Å². The zero-order chi connectivity index (χ0) is 21.3. The maximum atomic E-state index is 14.0. The first-order valence-electron chi connectivity index (χ1n) is 9.17. The molecule has 30 heavy (non-hydrogen) atoms. The molecule has 1 aromatic carbocycles. The summed E-state index contributed by atoms with van der Waals surface area (Å²) in [6.45, 7) is -0.202. The molecular formula is C18H18FN5O6. The Kier molecular flexibility index (Phi) is 5.53. The van der Waals surface area contributed by atoms with Crippen LogP contribution in [0.1, 0.15) is 18.2 Å². The Morgan fingerprint density at radius 2 is 2.10 bits per heavy atom. The van der Waals surface area contributed by atoms with Gasteiger partial charge in [-0.05, 0) is 5.56 Å². The third-order valence-electron chi connectivity index (χ3n) is 4.83. The quantitative estimate of drug-likeness (QED) is 0.327. The van der Waals surface area contributed by atoms with Crippen molar-refractivity contribution >= 4 is 16.9 Å². The Balaban J connectivity index is 1.49. The van der Waals surface area contributed by atoms with Crippen LogP contribution in [0.3, 0.4) is 0 Å². The summed E-state index contributed by atoms with van der Waals surface area (Å²) in [6, 6.07) is 6.03. The van der Waals surface area contributed by atoms with Crippen molar-refractivity contribution in [2.45, 2.75) is 31.3 Å². The summed E-state index contributed by atoms with van der Waals surface area (Å²) in [7, 11) is 0. The predicted octanol–water partition coefficient (Wildman–Crippen LogP) is 1.14. The number of ether oxygens (including phenoxy) is 2. The van der Waals surface area contributed by atoms with Crippen LogP contribution in [0.5, 0.6) is 5.88 Å². The standard InChI is InChI=1S/C18H18FN5O6/c19-18-21-16-15(20-9-23(16)14-7-12(26)13(8-25)30-14)17(22-18)29-6-5-10-1-3-11(4-2-10)24(27)28/h1-4,9,12-14,25-26H,5-8H2/t12?,13-,14-/m1/s1. The lowest BCUT2D eigenvalue weighted by Gasteiger charge is -2.13. The fraction of sp³-hybridized carbons (Fsp3) is 0.389. The normalized spacial score (nSPS) is 21.2. The lowest BCUT2D eigenvalue weighted by atomic mass is 10.1. The largest absolute Gasteiger partial charge is 0.476 e. The molecule has 0 amide bonds. The summed E-state index contributed by atoms with van der Waals surface area (Å²) >= 11 is 0. The average Bonchev–Trinajstić information content (AvgIpc) is 3.31. The molecule has 0 radical (unpaired) electrons.